The number of likely N-dealkylation sites (N-methyl/N-ethyl adjacent to an activating group) is 2. The van der Waals surface area contributed by atoms with Crippen LogP contribution in [0.25, 0.3) is 0 Å². The predicted octanol–water partition coefficient (Wildman–Crippen LogP) is 5.08. The molecule has 1 aromatic carbocycles. The van der Waals surface area contributed by atoms with Crippen LogP contribution >= 0.6 is 0 Å². The van der Waals surface area contributed by atoms with Crippen LogP contribution in [-0.4, -0.2) is 91.1 Å². The minimum atomic E-state index is -2.73. The fourth-order valence-corrected chi connectivity index (χ4v) is 5.30. The van der Waals surface area contributed by atoms with E-state index in [1.807, 2.05) is 46.0 Å². The molecule has 0 radical (unpaired) electrons. The molecule has 0 bridgehead atoms. The Morgan fingerprint density at radius 3 is 2.51 bits per heavy atom. The van der Waals surface area contributed by atoms with Crippen molar-refractivity contribution >= 4 is 40.8 Å². The Morgan fingerprint density at radius 1 is 1.21 bits per heavy atom. The monoisotopic (exact) mass is 600 g/mol. The lowest BCUT2D eigenvalue weighted by atomic mass is 9.90. The largest absolute Gasteiger partial charge is 0.494 e. The second-order valence-electron chi connectivity index (χ2n) is 11.6. The van der Waals surface area contributed by atoms with Crippen molar-refractivity contribution in [1.29, 1.82) is 0 Å². The van der Waals surface area contributed by atoms with Crippen molar-refractivity contribution in [1.82, 2.24) is 19.8 Å². The quantitative estimate of drug-likeness (QED) is 0.344. The molecule has 1 aliphatic heterocycles. The molecule has 2 heterocycles. The fourth-order valence-electron chi connectivity index (χ4n) is 5.30. The van der Waals surface area contributed by atoms with Gasteiger partial charge in [0.2, 0.25) is 17.8 Å². The summed E-state index contributed by atoms with van der Waals surface area (Å²) in [4.78, 5) is 42.5. The van der Waals surface area contributed by atoms with Gasteiger partial charge in [0, 0.05) is 62.9 Å². The average Bonchev–Trinajstić information content (AvgIpc) is 2.96. The van der Waals surface area contributed by atoms with Crippen molar-refractivity contribution in [3.8, 4) is 5.75 Å². The highest BCUT2D eigenvalue weighted by Crippen LogP contribution is 2.41. The van der Waals surface area contributed by atoms with Gasteiger partial charge >= 0.3 is 6.03 Å². The number of fused-ring (bicyclic) bond motifs is 1. The van der Waals surface area contributed by atoms with E-state index in [1.54, 1.807) is 29.2 Å². The lowest BCUT2D eigenvalue weighted by Gasteiger charge is -2.43. The summed E-state index contributed by atoms with van der Waals surface area (Å²) >= 11 is 0. The molecule has 234 valence electrons. The number of ether oxygens (including phenoxy) is 1. The Labute approximate surface area is 251 Å². The van der Waals surface area contributed by atoms with Gasteiger partial charge in [0.15, 0.2) is 0 Å². The summed E-state index contributed by atoms with van der Waals surface area (Å²) in [5, 5.41) is 6.05. The molecule has 0 saturated heterocycles. The van der Waals surface area contributed by atoms with E-state index in [2.05, 4.69) is 27.1 Å². The van der Waals surface area contributed by atoms with Gasteiger partial charge in [0.05, 0.1) is 30.7 Å². The van der Waals surface area contributed by atoms with Crippen LogP contribution < -0.4 is 25.2 Å². The van der Waals surface area contributed by atoms with E-state index in [4.69, 9.17) is 9.72 Å². The Balaban J connectivity index is 1.71. The Bertz CT molecular complexity index is 1340. The lowest BCUT2D eigenvalue weighted by molar-refractivity contribution is -0.111. The Hall–Kier alpha value is -4.00. The summed E-state index contributed by atoms with van der Waals surface area (Å²) in [6.07, 6.45) is 2.66. The number of carbonyl (C=O) groups excluding carboxylic acids is 2. The molecule has 0 atom stereocenters. The van der Waals surface area contributed by atoms with Gasteiger partial charge in [-0.3, -0.25) is 9.69 Å². The molecule has 4 rings (SSSR count). The van der Waals surface area contributed by atoms with Crippen LogP contribution in [0.4, 0.5) is 42.4 Å². The highest BCUT2D eigenvalue weighted by Gasteiger charge is 2.43. The molecule has 3 amide bonds. The number of carbonyl (C=O) groups is 2. The fraction of sp³-hybridized carbons (Fsp3) is 0.533. The highest BCUT2D eigenvalue weighted by atomic mass is 19.3. The van der Waals surface area contributed by atoms with E-state index in [0.717, 1.165) is 17.8 Å². The number of hydrogen-bond donors (Lipinski definition) is 2. The van der Waals surface area contributed by atoms with Crippen LogP contribution in [0, 0.1) is 0 Å². The molecule has 2 N–H and O–H groups in total. The van der Waals surface area contributed by atoms with Crippen molar-refractivity contribution in [2.75, 3.05) is 61.8 Å². The SMILES string of the molecule is C=CC(=O)Nc1cc(Nc2ncc3c(n2)N(C2CCC(F)(F)CC2)C(=O)N(C(C)C)C3)c(OC)cc1N(C)CCN(C)C. The maximum atomic E-state index is 14.0. The van der Waals surface area contributed by atoms with Crippen molar-refractivity contribution < 1.29 is 23.1 Å². The molecule has 0 unspecified atom stereocenters. The van der Waals surface area contributed by atoms with Crippen molar-refractivity contribution in [3.05, 3.63) is 36.5 Å². The normalized spacial score (nSPS) is 16.7. The van der Waals surface area contributed by atoms with Crippen molar-refractivity contribution in [2.45, 2.75) is 64.1 Å². The predicted molar refractivity (Wildman–Crippen MR) is 165 cm³/mol. The molecule has 0 spiro atoms. The van der Waals surface area contributed by atoms with Crippen molar-refractivity contribution in [3.63, 3.8) is 0 Å². The summed E-state index contributed by atoms with van der Waals surface area (Å²) in [5.74, 6) is -2.00. The molecule has 1 aliphatic carbocycles. The number of alkyl halides is 2. The number of anilines is 5. The highest BCUT2D eigenvalue weighted by molar-refractivity contribution is 6.02. The van der Waals surface area contributed by atoms with Gasteiger partial charge < -0.3 is 30.1 Å². The standard InChI is InChI=1S/C30H42F2N8O3/c1-8-26(41)34-22-15-23(25(43-7)16-24(22)38(6)14-13-37(4)5)35-28-33-17-20-18-39(19(2)3)29(42)40(27(20)36-28)21-9-11-30(31,32)12-10-21/h8,15-17,19,21H,1,9-14,18H2,2-7H3,(H,34,41)(H,33,35,36). The molecular weight excluding hydrogens is 558 g/mol. The smallest absolute Gasteiger partial charge is 0.326 e. The molecule has 43 heavy (non-hydrogen) atoms. The maximum Gasteiger partial charge on any atom is 0.326 e. The molecule has 13 heteroatoms. The first-order valence-corrected chi connectivity index (χ1v) is 14.5. The topological polar surface area (TPSA) is 106 Å². The lowest BCUT2D eigenvalue weighted by Crippen LogP contribution is -2.55. The van der Waals surface area contributed by atoms with Gasteiger partial charge in [-0.2, -0.15) is 4.98 Å². The number of hydrogen-bond acceptors (Lipinski definition) is 8. The molecule has 1 fully saturated rings. The zero-order valence-corrected chi connectivity index (χ0v) is 25.8. The zero-order valence-electron chi connectivity index (χ0n) is 25.8. The van der Waals surface area contributed by atoms with Crippen LogP contribution in [0.2, 0.25) is 0 Å². The molecule has 2 aromatic rings. The van der Waals surface area contributed by atoms with Gasteiger partial charge in [-0.15, -0.1) is 0 Å². The number of nitrogens with zero attached hydrogens (tertiary/aromatic N) is 6. The first-order chi connectivity index (χ1) is 20.3. The molecule has 2 aliphatic rings. The first-order valence-electron chi connectivity index (χ1n) is 14.5. The number of urea groups is 1. The Kier molecular flexibility index (Phi) is 9.73. The third kappa shape index (κ3) is 7.32. The summed E-state index contributed by atoms with van der Waals surface area (Å²) in [5.41, 5.74) is 2.49. The van der Waals surface area contributed by atoms with Gasteiger partial charge in [-0.1, -0.05) is 6.58 Å². The maximum absolute atomic E-state index is 14.0. The molecule has 11 nitrogen and oxygen atoms in total. The second-order valence-corrected chi connectivity index (χ2v) is 11.6. The van der Waals surface area contributed by atoms with E-state index < -0.39 is 12.0 Å². The van der Waals surface area contributed by atoms with Gasteiger partial charge in [0.25, 0.3) is 0 Å². The molecular formula is C30H42F2N8O3. The van der Waals surface area contributed by atoms with Crippen LogP contribution in [-0.2, 0) is 11.3 Å². The Morgan fingerprint density at radius 2 is 1.91 bits per heavy atom. The average molecular weight is 601 g/mol. The third-order valence-corrected chi connectivity index (χ3v) is 7.84. The summed E-state index contributed by atoms with van der Waals surface area (Å²) in [6.45, 7) is 9.20. The number of methoxy groups -OCH3 is 1. The number of nitrogens with one attached hydrogen (secondary N) is 2. The number of amides is 3. The number of rotatable bonds is 11. The minimum Gasteiger partial charge on any atom is -0.494 e. The van der Waals surface area contributed by atoms with E-state index in [0.29, 0.717) is 36.0 Å². The molecule has 1 saturated carbocycles. The number of benzene rings is 1. The van der Waals surface area contributed by atoms with E-state index >= 15 is 0 Å². The zero-order chi connectivity index (χ0) is 31.5. The van der Waals surface area contributed by atoms with E-state index in [9.17, 15) is 18.4 Å². The van der Waals surface area contributed by atoms with Gasteiger partial charge in [0.1, 0.15) is 11.6 Å². The summed E-state index contributed by atoms with van der Waals surface area (Å²) in [7, 11) is 7.44. The van der Waals surface area contributed by atoms with E-state index in [1.165, 1.54) is 6.08 Å². The molecule has 1 aromatic heterocycles. The van der Waals surface area contributed by atoms with Crippen LogP contribution in [0.5, 0.6) is 5.75 Å². The number of halogens is 2. The second kappa shape index (κ2) is 13.1. The van der Waals surface area contributed by atoms with Crippen LogP contribution in [0.15, 0.2) is 31.0 Å². The van der Waals surface area contributed by atoms with Gasteiger partial charge in [-0.05, 0) is 52.9 Å². The van der Waals surface area contributed by atoms with Crippen LogP contribution in [0.1, 0.15) is 45.1 Å². The summed E-state index contributed by atoms with van der Waals surface area (Å²) < 4.78 is 33.7. The minimum absolute atomic E-state index is 0.0891. The van der Waals surface area contributed by atoms with Crippen LogP contribution in [0.3, 0.4) is 0 Å². The van der Waals surface area contributed by atoms with E-state index in [-0.39, 0.29) is 49.6 Å². The van der Waals surface area contributed by atoms with Crippen molar-refractivity contribution in [2.24, 2.45) is 0 Å². The number of aromatic nitrogens is 2. The third-order valence-electron chi connectivity index (χ3n) is 7.84. The van der Waals surface area contributed by atoms with Gasteiger partial charge in [-0.25, -0.2) is 18.6 Å². The first kappa shape index (κ1) is 31.9. The summed E-state index contributed by atoms with van der Waals surface area (Å²) in [6, 6.07) is 2.81.